The van der Waals surface area contributed by atoms with Crippen LogP contribution in [-0.2, 0) is 28.4 Å². The summed E-state index contributed by atoms with van der Waals surface area (Å²) in [5, 5.41) is 137. The fraction of sp³-hybridized carbons (Fsp3) is 0.959. The van der Waals surface area contributed by atoms with Gasteiger partial charge in [0.15, 0.2) is 18.9 Å². The molecule has 0 spiro atoms. The van der Waals surface area contributed by atoms with E-state index in [2.05, 4.69) is 47.6 Å². The van der Waals surface area contributed by atoms with E-state index in [1.54, 1.807) is 13.8 Å². The maximum absolute atomic E-state index is 11.4. The molecule has 3 aliphatic carbocycles. The molecule has 0 aromatic heterocycles. The second-order valence-electron chi connectivity index (χ2n) is 23.0. The number of allylic oxidation sites excluding steroid dienone is 1. The molecule has 0 unspecified atom stereocenters. The van der Waals surface area contributed by atoms with Crippen LogP contribution in [0.1, 0.15) is 114 Å². The van der Waals surface area contributed by atoms with Crippen LogP contribution in [0.15, 0.2) is 11.6 Å². The molecule has 0 amide bonds. The molecule has 396 valence electrons. The topological polar surface area (TPSA) is 318 Å². The standard InChI is InChI=1S/C49H86O19/c1-22(10-14-33(47(6,7)62)68-45-42(61)39(58)36(55)31(66-45)21-63-43-40(59)37(56)34(53)29(19-50)64-43)26-16-17-48(8,49(26,9)18-23(2)52)27-12-13-28-25(24(27)3)11-15-32(46(28,4)5)67-44-41(60)38(57)35(54)30(20-51)65-44/h13,22-27,29-45,50-62H,10-12,14-21H2,1-9H3/t22-,23+,24-,25+,26-,27-,29-,30-,31-,32+,33-,34-,35-,36-,37+,38+,39+,40-,41-,42-,43-,44+,45+,48+,49-/m1/s1. The van der Waals surface area contributed by atoms with Crippen LogP contribution in [0.5, 0.6) is 0 Å². The highest BCUT2D eigenvalue weighted by atomic mass is 16.7. The largest absolute Gasteiger partial charge is 0.394 e. The lowest BCUT2D eigenvalue weighted by Gasteiger charge is -2.57. The Bertz CT molecular complexity index is 1660. The van der Waals surface area contributed by atoms with E-state index in [1.165, 1.54) is 5.57 Å². The number of hydrogen-bond acceptors (Lipinski definition) is 19. The van der Waals surface area contributed by atoms with Crippen LogP contribution in [0.3, 0.4) is 0 Å². The number of fused-ring (bicyclic) bond motifs is 1. The summed E-state index contributed by atoms with van der Waals surface area (Å²) in [6.07, 6.45) is -16.3. The van der Waals surface area contributed by atoms with Crippen molar-refractivity contribution < 1.29 is 94.8 Å². The third-order valence-corrected chi connectivity index (χ3v) is 17.9. The minimum absolute atomic E-state index is 0.0947. The van der Waals surface area contributed by atoms with Crippen molar-refractivity contribution in [2.45, 2.75) is 230 Å². The van der Waals surface area contributed by atoms with E-state index in [9.17, 15) is 66.4 Å². The van der Waals surface area contributed by atoms with Crippen LogP contribution in [0.25, 0.3) is 0 Å². The number of rotatable bonds is 17. The van der Waals surface area contributed by atoms with Crippen LogP contribution >= 0.6 is 0 Å². The number of hydrogen-bond donors (Lipinski definition) is 13. The molecule has 6 aliphatic rings. The summed E-state index contributed by atoms with van der Waals surface area (Å²) in [5.74, 6) is 1.09. The Morgan fingerprint density at radius 2 is 1.24 bits per heavy atom. The van der Waals surface area contributed by atoms with Crippen LogP contribution < -0.4 is 0 Å². The van der Waals surface area contributed by atoms with E-state index in [4.69, 9.17) is 28.4 Å². The van der Waals surface area contributed by atoms with Gasteiger partial charge in [-0.05, 0) is 113 Å². The van der Waals surface area contributed by atoms with Gasteiger partial charge in [0, 0.05) is 5.41 Å². The Hall–Kier alpha value is -1.02. The third kappa shape index (κ3) is 10.8. The number of aliphatic hydroxyl groups is 13. The van der Waals surface area contributed by atoms with Gasteiger partial charge in [0.1, 0.15) is 73.2 Å². The first-order valence-corrected chi connectivity index (χ1v) is 25.0. The normalized spacial score (nSPS) is 48.1. The van der Waals surface area contributed by atoms with E-state index in [0.29, 0.717) is 25.7 Å². The molecular formula is C49H86O19. The predicted molar refractivity (Wildman–Crippen MR) is 242 cm³/mol. The molecule has 0 radical (unpaired) electrons. The molecule has 3 aliphatic heterocycles. The smallest absolute Gasteiger partial charge is 0.187 e. The Balaban J connectivity index is 1.13. The van der Waals surface area contributed by atoms with Gasteiger partial charge in [0.2, 0.25) is 0 Å². The lowest BCUT2D eigenvalue weighted by molar-refractivity contribution is -0.341. The molecule has 19 heteroatoms. The van der Waals surface area contributed by atoms with Crippen LogP contribution in [0.4, 0.5) is 0 Å². The molecule has 3 saturated heterocycles. The summed E-state index contributed by atoms with van der Waals surface area (Å²) in [6.45, 7) is 16.8. The van der Waals surface area contributed by atoms with Gasteiger partial charge < -0.3 is 94.8 Å². The molecule has 2 saturated carbocycles. The molecule has 13 N–H and O–H groups in total. The highest BCUT2D eigenvalue weighted by Gasteiger charge is 2.62. The van der Waals surface area contributed by atoms with Crippen molar-refractivity contribution in [1.29, 1.82) is 0 Å². The molecular weight excluding hydrogens is 893 g/mol. The summed E-state index contributed by atoms with van der Waals surface area (Å²) in [5.41, 5.74) is -1.09. The Morgan fingerprint density at radius 3 is 1.79 bits per heavy atom. The average Bonchev–Trinajstić information content (AvgIpc) is 3.53. The van der Waals surface area contributed by atoms with Gasteiger partial charge in [0.25, 0.3) is 0 Å². The Kier molecular flexibility index (Phi) is 18.1. The average molecular weight is 979 g/mol. The highest BCUT2D eigenvalue weighted by molar-refractivity contribution is 5.26. The fourth-order valence-corrected chi connectivity index (χ4v) is 13.6. The summed E-state index contributed by atoms with van der Waals surface area (Å²) in [6, 6.07) is 0. The van der Waals surface area contributed by atoms with Gasteiger partial charge >= 0.3 is 0 Å². The zero-order valence-electron chi connectivity index (χ0n) is 41.4. The highest BCUT2D eigenvalue weighted by Crippen LogP contribution is 2.68. The minimum atomic E-state index is -1.75. The zero-order valence-corrected chi connectivity index (χ0v) is 41.4. The Morgan fingerprint density at radius 1 is 0.706 bits per heavy atom. The monoisotopic (exact) mass is 979 g/mol. The van der Waals surface area contributed by atoms with E-state index >= 15 is 0 Å². The van der Waals surface area contributed by atoms with Crippen molar-refractivity contribution in [3.8, 4) is 0 Å². The minimum Gasteiger partial charge on any atom is -0.394 e. The third-order valence-electron chi connectivity index (χ3n) is 17.9. The lowest BCUT2D eigenvalue weighted by atomic mass is 9.48. The van der Waals surface area contributed by atoms with Gasteiger partial charge in [-0.25, -0.2) is 0 Å². The first-order chi connectivity index (χ1) is 31.6. The molecule has 19 nitrogen and oxygen atoms in total. The second-order valence-corrected chi connectivity index (χ2v) is 23.0. The second kappa shape index (κ2) is 21.8. The molecule has 5 fully saturated rings. The van der Waals surface area contributed by atoms with Gasteiger partial charge in [-0.3, -0.25) is 0 Å². The SMILES string of the molecule is C[C@@H]1[C@@H]2CC[C@H](O[C@@H]3O[C@H](CO)[C@@H](O)[C@H](O)[C@H]3O)C(C)(C)C2=CC[C@H]1[C@]1(C)CC[C@H]([C@H](C)CC[C@@H](O[C@@H]2O[C@H](CO[C@@H]3O[C@H](CO)[C@@H](O)[C@H](O)[C@H]3O)[C@@H](O)[C@H](O)[C@H]2O)C(C)(C)O)[C@@]1(C)C[C@H](C)O. The van der Waals surface area contributed by atoms with Crippen molar-refractivity contribution in [3.05, 3.63) is 11.6 Å². The molecule has 3 heterocycles. The van der Waals surface area contributed by atoms with Crippen molar-refractivity contribution >= 4 is 0 Å². The van der Waals surface area contributed by atoms with Crippen molar-refractivity contribution in [2.24, 2.45) is 45.8 Å². The van der Waals surface area contributed by atoms with Crippen LogP contribution in [0.2, 0.25) is 0 Å². The summed E-state index contributed by atoms with van der Waals surface area (Å²) in [7, 11) is 0. The van der Waals surface area contributed by atoms with Crippen molar-refractivity contribution in [1.82, 2.24) is 0 Å². The number of ether oxygens (including phenoxy) is 6. The van der Waals surface area contributed by atoms with Crippen molar-refractivity contribution in [2.75, 3.05) is 19.8 Å². The maximum Gasteiger partial charge on any atom is 0.187 e. The van der Waals surface area contributed by atoms with Gasteiger partial charge in [0.05, 0.1) is 43.7 Å². The lowest BCUT2D eigenvalue weighted by Crippen LogP contribution is -2.62. The zero-order chi connectivity index (χ0) is 50.6. The molecule has 0 aromatic rings. The molecule has 0 bridgehead atoms. The van der Waals surface area contributed by atoms with Crippen molar-refractivity contribution in [3.63, 3.8) is 0 Å². The molecule has 6 rings (SSSR count). The molecule has 0 aromatic carbocycles. The van der Waals surface area contributed by atoms with Crippen LogP contribution in [-0.4, -0.2) is 202 Å². The molecule has 68 heavy (non-hydrogen) atoms. The maximum atomic E-state index is 11.4. The van der Waals surface area contributed by atoms with E-state index in [1.807, 2.05) is 6.92 Å². The van der Waals surface area contributed by atoms with Gasteiger partial charge in [-0.15, -0.1) is 0 Å². The first-order valence-electron chi connectivity index (χ1n) is 25.0. The fourth-order valence-electron chi connectivity index (χ4n) is 13.6. The van der Waals surface area contributed by atoms with Gasteiger partial charge in [-0.2, -0.15) is 0 Å². The van der Waals surface area contributed by atoms with E-state index < -0.39 is 135 Å². The summed E-state index contributed by atoms with van der Waals surface area (Å²) in [4.78, 5) is 0. The quantitative estimate of drug-likeness (QED) is 0.0824. The first kappa shape index (κ1) is 56.3. The predicted octanol–water partition coefficient (Wildman–Crippen LogP) is -0.420. The van der Waals surface area contributed by atoms with E-state index in [-0.39, 0.29) is 46.5 Å². The van der Waals surface area contributed by atoms with Crippen LogP contribution in [0, 0.1) is 45.8 Å². The Labute approximate surface area is 401 Å². The molecule has 25 atom stereocenters. The number of aliphatic hydroxyl groups excluding tert-OH is 12. The van der Waals surface area contributed by atoms with E-state index in [0.717, 1.165) is 25.7 Å². The summed E-state index contributed by atoms with van der Waals surface area (Å²) >= 11 is 0. The summed E-state index contributed by atoms with van der Waals surface area (Å²) < 4.78 is 35.4. The van der Waals surface area contributed by atoms with Gasteiger partial charge in [-0.1, -0.05) is 53.2 Å².